The molecule has 3 amide bonds. The summed E-state index contributed by atoms with van der Waals surface area (Å²) in [5.41, 5.74) is 3.60. The Morgan fingerprint density at radius 3 is 1.92 bits per heavy atom. The molecule has 2 aromatic rings. The van der Waals surface area contributed by atoms with E-state index in [0.717, 1.165) is 24.3 Å². The molecule has 0 aromatic heterocycles. The van der Waals surface area contributed by atoms with Crippen molar-refractivity contribution in [3.63, 3.8) is 0 Å². The first-order chi connectivity index (χ1) is 12.3. The molecule has 0 radical (unpaired) electrons. The van der Waals surface area contributed by atoms with Crippen LogP contribution >= 0.6 is 0 Å². The fourth-order valence-electron chi connectivity index (χ4n) is 2.99. The molecule has 0 atom stereocenters. The highest BCUT2D eigenvalue weighted by Gasteiger charge is 2.21. The Bertz CT molecular complexity index is 790. The van der Waals surface area contributed by atoms with Crippen molar-refractivity contribution >= 4 is 29.0 Å². The molecular formula is C21H25N3O2. The van der Waals surface area contributed by atoms with Crippen molar-refractivity contribution in [2.45, 2.75) is 39.0 Å². The largest absolute Gasteiger partial charge is 0.323 e. The minimum Gasteiger partial charge on any atom is -0.312 e. The van der Waals surface area contributed by atoms with E-state index in [2.05, 4.69) is 31.4 Å². The van der Waals surface area contributed by atoms with E-state index in [0.29, 0.717) is 12.1 Å². The average molecular weight is 351 g/mol. The van der Waals surface area contributed by atoms with Crippen molar-refractivity contribution in [2.24, 2.45) is 0 Å². The van der Waals surface area contributed by atoms with Crippen LogP contribution in [0.25, 0.3) is 0 Å². The molecule has 0 saturated carbocycles. The van der Waals surface area contributed by atoms with Crippen LogP contribution in [-0.2, 0) is 10.2 Å². The molecule has 0 spiro atoms. The van der Waals surface area contributed by atoms with Crippen LogP contribution in [0.3, 0.4) is 0 Å². The zero-order chi connectivity index (χ0) is 18.7. The van der Waals surface area contributed by atoms with Crippen LogP contribution in [0.2, 0.25) is 0 Å². The van der Waals surface area contributed by atoms with Gasteiger partial charge in [-0.15, -0.1) is 0 Å². The summed E-state index contributed by atoms with van der Waals surface area (Å²) in [7, 11) is 0. The van der Waals surface area contributed by atoms with Crippen LogP contribution < -0.4 is 15.5 Å². The lowest BCUT2D eigenvalue weighted by atomic mass is 9.87. The van der Waals surface area contributed by atoms with Crippen LogP contribution in [0.5, 0.6) is 0 Å². The number of hydrogen-bond acceptors (Lipinski definition) is 2. The third-order valence-corrected chi connectivity index (χ3v) is 4.52. The Balaban J connectivity index is 1.58. The zero-order valence-corrected chi connectivity index (χ0v) is 15.5. The van der Waals surface area contributed by atoms with E-state index in [-0.39, 0.29) is 17.4 Å². The molecule has 1 heterocycles. The van der Waals surface area contributed by atoms with Crippen LogP contribution in [0.1, 0.15) is 39.2 Å². The van der Waals surface area contributed by atoms with Crippen molar-refractivity contribution in [1.29, 1.82) is 0 Å². The molecule has 1 fully saturated rings. The summed E-state index contributed by atoms with van der Waals surface area (Å²) in [5.74, 6) is 0.155. The molecule has 136 valence electrons. The maximum absolute atomic E-state index is 12.2. The number of nitrogens with zero attached hydrogens (tertiary/aromatic N) is 1. The third-order valence-electron chi connectivity index (χ3n) is 4.52. The van der Waals surface area contributed by atoms with Crippen molar-refractivity contribution < 1.29 is 9.59 Å². The normalized spacial score (nSPS) is 14.4. The van der Waals surface area contributed by atoms with E-state index in [4.69, 9.17) is 0 Å². The molecule has 2 aromatic carbocycles. The van der Waals surface area contributed by atoms with Crippen LogP contribution in [0.15, 0.2) is 48.5 Å². The zero-order valence-electron chi connectivity index (χ0n) is 15.5. The SMILES string of the molecule is CC(C)(C)c1ccc(NC(=O)Nc2ccc(N3CCCC3=O)cc2)cc1. The highest BCUT2D eigenvalue weighted by molar-refractivity contribution is 6.00. The minimum atomic E-state index is -0.293. The Morgan fingerprint density at radius 1 is 0.923 bits per heavy atom. The molecule has 2 N–H and O–H groups in total. The summed E-state index contributed by atoms with van der Waals surface area (Å²) < 4.78 is 0. The smallest absolute Gasteiger partial charge is 0.312 e. The van der Waals surface area contributed by atoms with E-state index >= 15 is 0 Å². The first kappa shape index (κ1) is 18.0. The van der Waals surface area contributed by atoms with Gasteiger partial charge >= 0.3 is 6.03 Å². The van der Waals surface area contributed by atoms with Crippen molar-refractivity contribution in [3.05, 3.63) is 54.1 Å². The molecule has 5 nitrogen and oxygen atoms in total. The third kappa shape index (κ3) is 4.23. The molecule has 5 heteroatoms. The standard InChI is InChI=1S/C21H25N3O2/c1-21(2,3)15-6-8-16(9-7-15)22-20(26)23-17-10-12-18(13-11-17)24-14-4-5-19(24)25/h6-13H,4-5,14H2,1-3H3,(H2,22,23,26). The van der Waals surface area contributed by atoms with Gasteiger partial charge < -0.3 is 15.5 Å². The number of anilines is 3. The summed E-state index contributed by atoms with van der Waals surface area (Å²) in [5, 5.41) is 5.64. The van der Waals surface area contributed by atoms with Gasteiger partial charge in [0.05, 0.1) is 0 Å². The molecule has 26 heavy (non-hydrogen) atoms. The van der Waals surface area contributed by atoms with E-state index in [9.17, 15) is 9.59 Å². The number of amides is 3. The van der Waals surface area contributed by atoms with E-state index in [1.54, 1.807) is 4.90 Å². The molecule has 1 saturated heterocycles. The monoisotopic (exact) mass is 351 g/mol. The van der Waals surface area contributed by atoms with Gasteiger partial charge in [-0.1, -0.05) is 32.9 Å². The quantitative estimate of drug-likeness (QED) is 0.838. The van der Waals surface area contributed by atoms with Gasteiger partial charge in [-0.3, -0.25) is 4.79 Å². The summed E-state index contributed by atoms with van der Waals surface area (Å²) in [4.78, 5) is 25.7. The molecule has 1 aliphatic heterocycles. The second kappa shape index (κ2) is 7.20. The first-order valence-corrected chi connectivity index (χ1v) is 8.92. The van der Waals surface area contributed by atoms with Gasteiger partial charge in [0.2, 0.25) is 5.91 Å². The summed E-state index contributed by atoms with van der Waals surface area (Å²) in [6.07, 6.45) is 1.51. The Hall–Kier alpha value is -2.82. The van der Waals surface area contributed by atoms with Crippen LogP contribution in [0, 0.1) is 0 Å². The van der Waals surface area contributed by atoms with Crippen LogP contribution in [-0.4, -0.2) is 18.5 Å². The lowest BCUT2D eigenvalue weighted by molar-refractivity contribution is -0.117. The van der Waals surface area contributed by atoms with Gasteiger partial charge in [-0.05, 0) is 53.8 Å². The summed E-state index contributed by atoms with van der Waals surface area (Å²) in [6, 6.07) is 14.9. The predicted molar refractivity (Wildman–Crippen MR) is 106 cm³/mol. The average Bonchev–Trinajstić information content (AvgIpc) is 3.01. The second-order valence-corrected chi connectivity index (χ2v) is 7.60. The number of hydrogen-bond donors (Lipinski definition) is 2. The molecular weight excluding hydrogens is 326 g/mol. The Kier molecular flexibility index (Phi) is 4.98. The van der Waals surface area contributed by atoms with Crippen LogP contribution in [0.4, 0.5) is 21.9 Å². The highest BCUT2D eigenvalue weighted by atomic mass is 16.2. The van der Waals surface area contributed by atoms with Gasteiger partial charge in [0, 0.05) is 30.0 Å². The minimum absolute atomic E-state index is 0.0826. The molecule has 0 aliphatic carbocycles. The molecule has 0 bridgehead atoms. The van der Waals surface area contributed by atoms with Gasteiger partial charge in [0.15, 0.2) is 0 Å². The Morgan fingerprint density at radius 2 is 1.46 bits per heavy atom. The molecule has 0 unspecified atom stereocenters. The number of rotatable bonds is 3. The maximum atomic E-state index is 12.2. The fraction of sp³-hybridized carbons (Fsp3) is 0.333. The summed E-state index contributed by atoms with van der Waals surface area (Å²) >= 11 is 0. The lowest BCUT2D eigenvalue weighted by Gasteiger charge is -2.19. The number of carbonyl (C=O) groups is 2. The van der Waals surface area contributed by atoms with Crippen molar-refractivity contribution in [3.8, 4) is 0 Å². The second-order valence-electron chi connectivity index (χ2n) is 7.60. The van der Waals surface area contributed by atoms with E-state index < -0.39 is 0 Å². The van der Waals surface area contributed by atoms with Gasteiger partial charge in [-0.25, -0.2) is 4.79 Å². The molecule has 1 aliphatic rings. The van der Waals surface area contributed by atoms with Gasteiger partial charge in [0.1, 0.15) is 0 Å². The maximum Gasteiger partial charge on any atom is 0.323 e. The van der Waals surface area contributed by atoms with E-state index in [1.165, 1.54) is 5.56 Å². The number of carbonyl (C=O) groups excluding carboxylic acids is 2. The topological polar surface area (TPSA) is 61.4 Å². The van der Waals surface area contributed by atoms with E-state index in [1.807, 2.05) is 48.5 Å². The number of benzene rings is 2. The lowest BCUT2D eigenvalue weighted by Crippen LogP contribution is -2.23. The predicted octanol–water partition coefficient (Wildman–Crippen LogP) is 4.75. The highest BCUT2D eigenvalue weighted by Crippen LogP contribution is 2.24. The number of nitrogens with one attached hydrogen (secondary N) is 2. The van der Waals surface area contributed by atoms with Gasteiger partial charge in [-0.2, -0.15) is 0 Å². The first-order valence-electron chi connectivity index (χ1n) is 8.92. The Labute approximate surface area is 154 Å². The fourth-order valence-corrected chi connectivity index (χ4v) is 2.99. The van der Waals surface area contributed by atoms with Gasteiger partial charge in [0.25, 0.3) is 0 Å². The van der Waals surface area contributed by atoms with Crippen molar-refractivity contribution in [2.75, 3.05) is 22.1 Å². The summed E-state index contributed by atoms with van der Waals surface area (Å²) in [6.45, 7) is 7.22. The van der Waals surface area contributed by atoms with Crippen molar-refractivity contribution in [1.82, 2.24) is 0 Å². The molecule has 3 rings (SSSR count). The number of urea groups is 1.